The van der Waals surface area contributed by atoms with Crippen LogP contribution in [0, 0.1) is 27.7 Å². The second-order valence-electron chi connectivity index (χ2n) is 9.52. The summed E-state index contributed by atoms with van der Waals surface area (Å²) in [6, 6.07) is 17.7. The van der Waals surface area contributed by atoms with Crippen molar-refractivity contribution in [2.45, 2.75) is 41.5 Å². The molecule has 0 aliphatic carbocycles. The predicted octanol–water partition coefficient (Wildman–Crippen LogP) is 10.9. The van der Waals surface area contributed by atoms with Crippen molar-refractivity contribution in [2.24, 2.45) is 4.99 Å². The maximum atomic E-state index is 4.93. The van der Waals surface area contributed by atoms with Gasteiger partial charge in [0.25, 0.3) is 0 Å². The van der Waals surface area contributed by atoms with Gasteiger partial charge in [0, 0.05) is 21.5 Å². The van der Waals surface area contributed by atoms with Gasteiger partial charge in [-0.3, -0.25) is 4.99 Å². The number of thiophene rings is 2. The van der Waals surface area contributed by atoms with Crippen molar-refractivity contribution in [3.63, 3.8) is 0 Å². The van der Waals surface area contributed by atoms with E-state index < -0.39 is 0 Å². The van der Waals surface area contributed by atoms with Crippen LogP contribution < -0.4 is 0 Å². The first kappa shape index (κ1) is 27.5. The molecule has 192 valence electrons. The molecule has 0 N–H and O–H groups in total. The van der Waals surface area contributed by atoms with Crippen LogP contribution in [0.5, 0.6) is 0 Å². The first-order valence-corrected chi connectivity index (χ1v) is 14.7. The fourth-order valence-electron chi connectivity index (χ4n) is 4.63. The van der Waals surface area contributed by atoms with Crippen molar-refractivity contribution < 1.29 is 0 Å². The van der Waals surface area contributed by atoms with Crippen molar-refractivity contribution >= 4 is 34.0 Å². The second-order valence-corrected chi connectivity index (χ2v) is 11.4. The quantitative estimate of drug-likeness (QED) is 0.158. The summed E-state index contributed by atoms with van der Waals surface area (Å²) >= 11 is 3.57. The van der Waals surface area contributed by atoms with E-state index >= 15 is 0 Å². The van der Waals surface area contributed by atoms with Gasteiger partial charge in [-0.25, -0.2) is 0 Å². The van der Waals surface area contributed by atoms with Crippen molar-refractivity contribution in [1.29, 1.82) is 0 Å². The third-order valence-electron chi connectivity index (χ3n) is 6.58. The third-order valence-corrected chi connectivity index (χ3v) is 8.39. The highest BCUT2D eigenvalue weighted by atomic mass is 32.1. The fraction of sp³-hybridized carbons (Fsp3) is 0.171. The first-order chi connectivity index (χ1) is 18.4. The van der Waals surface area contributed by atoms with Crippen LogP contribution in [0.1, 0.15) is 47.2 Å². The minimum absolute atomic E-state index is 0.955. The van der Waals surface area contributed by atoms with Crippen LogP contribution in [0.25, 0.3) is 26.5 Å². The summed E-state index contributed by atoms with van der Waals surface area (Å²) in [5.74, 6) is 0. The molecule has 3 heteroatoms. The zero-order valence-electron chi connectivity index (χ0n) is 23.1. The van der Waals surface area contributed by atoms with Crippen LogP contribution in [0.3, 0.4) is 0 Å². The van der Waals surface area contributed by atoms with E-state index in [9.17, 15) is 0 Å². The fourth-order valence-corrected chi connectivity index (χ4v) is 6.23. The number of aryl methyl sites for hydroxylation is 2. The van der Waals surface area contributed by atoms with Crippen LogP contribution in [0.2, 0.25) is 0 Å². The van der Waals surface area contributed by atoms with Crippen LogP contribution in [-0.2, 0) is 0 Å². The van der Waals surface area contributed by atoms with Crippen LogP contribution in [0.15, 0.2) is 107 Å². The molecule has 0 spiro atoms. The molecule has 0 aliphatic rings. The molecule has 4 aromatic rings. The molecule has 0 saturated heterocycles. The number of rotatable bonds is 8. The normalized spacial score (nSPS) is 13.0. The van der Waals surface area contributed by atoms with Crippen LogP contribution >= 0.6 is 22.7 Å². The summed E-state index contributed by atoms with van der Waals surface area (Å²) in [5, 5.41) is 4.27. The van der Waals surface area contributed by atoms with Crippen molar-refractivity contribution in [3.05, 3.63) is 135 Å². The highest BCUT2D eigenvalue weighted by Crippen LogP contribution is 2.34. The van der Waals surface area contributed by atoms with Gasteiger partial charge in [-0.15, -0.1) is 22.7 Å². The van der Waals surface area contributed by atoms with E-state index in [2.05, 4.69) is 118 Å². The lowest BCUT2D eigenvalue weighted by molar-refractivity contribution is 1.36. The second kappa shape index (κ2) is 12.8. The predicted molar refractivity (Wildman–Crippen MR) is 172 cm³/mol. The molecule has 4 rings (SSSR count). The molecule has 0 unspecified atom stereocenters. The van der Waals surface area contributed by atoms with Gasteiger partial charge in [0.2, 0.25) is 0 Å². The SMILES string of the molecule is C/C=C/C=C\C(=N/C=C\C=C(/C)c1cc(C)cc(-c2cccs2)c1C)c1cc(C)cc(-c2cccs2)c1C. The summed E-state index contributed by atoms with van der Waals surface area (Å²) in [4.78, 5) is 7.53. The molecule has 0 amide bonds. The molecule has 2 aromatic heterocycles. The van der Waals surface area contributed by atoms with E-state index in [4.69, 9.17) is 4.99 Å². The Kier molecular flexibility index (Phi) is 9.28. The Bertz CT molecular complexity index is 1540. The molecule has 38 heavy (non-hydrogen) atoms. The Morgan fingerprint density at radius 3 is 1.87 bits per heavy atom. The number of aliphatic imine (C=N–C) groups is 1. The number of hydrogen-bond acceptors (Lipinski definition) is 3. The molecule has 1 nitrogen and oxygen atoms in total. The summed E-state index contributed by atoms with van der Waals surface area (Å²) in [7, 11) is 0. The molecular formula is C35H35NS2. The molecule has 0 bridgehead atoms. The molecule has 2 aromatic carbocycles. The Morgan fingerprint density at radius 2 is 1.32 bits per heavy atom. The molecule has 0 aliphatic heterocycles. The Balaban J connectivity index is 1.69. The van der Waals surface area contributed by atoms with Gasteiger partial charge in [-0.05, 0) is 127 Å². The highest BCUT2D eigenvalue weighted by molar-refractivity contribution is 7.13. The van der Waals surface area contributed by atoms with Crippen molar-refractivity contribution in [3.8, 4) is 20.9 Å². The van der Waals surface area contributed by atoms with Gasteiger partial charge in [0.1, 0.15) is 0 Å². The molecule has 0 saturated carbocycles. The monoisotopic (exact) mass is 533 g/mol. The van der Waals surface area contributed by atoms with Gasteiger partial charge < -0.3 is 0 Å². The maximum absolute atomic E-state index is 4.93. The van der Waals surface area contributed by atoms with Crippen LogP contribution in [-0.4, -0.2) is 5.71 Å². The van der Waals surface area contributed by atoms with E-state index in [1.807, 2.05) is 25.3 Å². The zero-order chi connectivity index (χ0) is 27.1. The van der Waals surface area contributed by atoms with Crippen molar-refractivity contribution in [2.75, 3.05) is 0 Å². The lowest BCUT2D eigenvalue weighted by Gasteiger charge is -2.13. The molecule has 2 heterocycles. The summed E-state index contributed by atoms with van der Waals surface area (Å²) in [5.41, 5.74) is 12.3. The van der Waals surface area contributed by atoms with E-state index in [0.29, 0.717) is 0 Å². The minimum atomic E-state index is 0.955. The third kappa shape index (κ3) is 6.48. The lowest BCUT2D eigenvalue weighted by atomic mass is 9.94. The average molecular weight is 534 g/mol. The van der Waals surface area contributed by atoms with E-state index in [-0.39, 0.29) is 0 Å². The molecule has 0 atom stereocenters. The molecule has 0 radical (unpaired) electrons. The topological polar surface area (TPSA) is 12.4 Å². The first-order valence-electron chi connectivity index (χ1n) is 12.9. The Labute approximate surface area is 235 Å². The minimum Gasteiger partial charge on any atom is -0.256 e. The summed E-state index contributed by atoms with van der Waals surface area (Å²) in [6.45, 7) is 13.0. The summed E-state index contributed by atoms with van der Waals surface area (Å²) in [6.07, 6.45) is 14.4. The van der Waals surface area contributed by atoms with Gasteiger partial charge in [-0.1, -0.05) is 54.6 Å². The molecular weight excluding hydrogens is 499 g/mol. The lowest BCUT2D eigenvalue weighted by Crippen LogP contribution is -2.02. The zero-order valence-corrected chi connectivity index (χ0v) is 24.7. The highest BCUT2D eigenvalue weighted by Gasteiger charge is 2.12. The van der Waals surface area contributed by atoms with Gasteiger partial charge in [0.15, 0.2) is 0 Å². The maximum Gasteiger partial charge on any atom is 0.0704 e. The largest absolute Gasteiger partial charge is 0.256 e. The van der Waals surface area contributed by atoms with E-state index in [0.717, 1.165) is 11.3 Å². The number of nitrogens with zero attached hydrogens (tertiary/aromatic N) is 1. The average Bonchev–Trinajstić information content (AvgIpc) is 3.63. The van der Waals surface area contributed by atoms with Crippen molar-refractivity contribution in [1.82, 2.24) is 0 Å². The number of allylic oxidation sites excluding steroid dienone is 7. The van der Waals surface area contributed by atoms with Gasteiger partial charge in [-0.2, -0.15) is 0 Å². The Hall–Kier alpha value is -3.53. The Morgan fingerprint density at radius 1 is 0.737 bits per heavy atom. The van der Waals surface area contributed by atoms with Gasteiger partial charge in [0.05, 0.1) is 5.71 Å². The number of hydrogen-bond donors (Lipinski definition) is 0. The van der Waals surface area contributed by atoms with E-state index in [1.165, 1.54) is 54.3 Å². The van der Waals surface area contributed by atoms with E-state index in [1.54, 1.807) is 22.7 Å². The number of benzene rings is 2. The molecule has 0 fully saturated rings. The van der Waals surface area contributed by atoms with Crippen LogP contribution in [0.4, 0.5) is 0 Å². The van der Waals surface area contributed by atoms with Gasteiger partial charge >= 0.3 is 0 Å². The smallest absolute Gasteiger partial charge is 0.0704 e. The standard InChI is InChI=1S/C35H35NS2/c1-7-8-9-14-33(30-21-25(3)23-32(28(30)6)35-16-12-19-38-35)36-17-10-13-26(4)29-20-24(2)22-31(27(29)5)34-15-11-18-37-34/h7-23H,1-6H3/b8-7+,14-9-,17-10-,26-13+,36-33+. The summed E-state index contributed by atoms with van der Waals surface area (Å²) < 4.78 is 0.